The smallest absolute Gasteiger partial charge is 0.232 e. The van der Waals surface area contributed by atoms with E-state index in [2.05, 4.69) is 46.3 Å². The van der Waals surface area contributed by atoms with Crippen molar-refractivity contribution in [3.8, 4) is 23.1 Å². The number of nitriles is 1. The summed E-state index contributed by atoms with van der Waals surface area (Å²) in [6.45, 7) is 0.799. The van der Waals surface area contributed by atoms with Crippen molar-refractivity contribution >= 4 is 16.5 Å². The van der Waals surface area contributed by atoms with Gasteiger partial charge in [0.2, 0.25) is 5.88 Å². The minimum absolute atomic E-state index is 0.338. The van der Waals surface area contributed by atoms with Crippen molar-refractivity contribution in [3.63, 3.8) is 0 Å². The van der Waals surface area contributed by atoms with Crippen molar-refractivity contribution in [2.75, 3.05) is 39.3 Å². The molecule has 0 spiro atoms. The van der Waals surface area contributed by atoms with E-state index in [9.17, 15) is 5.26 Å². The molecule has 0 saturated heterocycles. The van der Waals surface area contributed by atoms with Crippen LogP contribution in [-0.2, 0) is 4.74 Å². The largest absolute Gasteiger partial charge is 0.474 e. The van der Waals surface area contributed by atoms with Crippen molar-refractivity contribution in [1.29, 1.82) is 5.26 Å². The van der Waals surface area contributed by atoms with E-state index in [1.54, 1.807) is 13.3 Å². The van der Waals surface area contributed by atoms with Crippen molar-refractivity contribution in [3.05, 3.63) is 54.2 Å². The summed E-state index contributed by atoms with van der Waals surface area (Å²) in [4.78, 5) is 6.27. The van der Waals surface area contributed by atoms with Gasteiger partial charge in [0.25, 0.3) is 0 Å². The van der Waals surface area contributed by atoms with Gasteiger partial charge >= 0.3 is 0 Å². The number of aromatic nitrogens is 1. The Balaban J connectivity index is 2.01. The fourth-order valence-electron chi connectivity index (χ4n) is 2.80. The fraction of sp³-hybridized carbons (Fsp3) is 0.238. The van der Waals surface area contributed by atoms with Gasteiger partial charge in [-0.2, -0.15) is 5.26 Å². The van der Waals surface area contributed by atoms with Gasteiger partial charge in [0, 0.05) is 38.7 Å². The zero-order chi connectivity index (χ0) is 18.5. The molecule has 0 atom stereocenters. The first-order chi connectivity index (χ1) is 12.6. The molecule has 0 unspecified atom stereocenters. The van der Waals surface area contributed by atoms with E-state index in [4.69, 9.17) is 9.47 Å². The van der Waals surface area contributed by atoms with Crippen LogP contribution in [-0.4, -0.2) is 39.4 Å². The third-order valence-electron chi connectivity index (χ3n) is 4.21. The van der Waals surface area contributed by atoms with E-state index in [-0.39, 0.29) is 0 Å². The number of benzene rings is 2. The third kappa shape index (κ3) is 3.61. The molecular weight excluding hydrogens is 326 g/mol. The molecule has 1 heterocycles. The Morgan fingerprint density at radius 1 is 1.04 bits per heavy atom. The molecule has 0 radical (unpaired) electrons. The van der Waals surface area contributed by atoms with Crippen LogP contribution < -0.4 is 9.64 Å². The van der Waals surface area contributed by atoms with Crippen LogP contribution in [0.4, 0.5) is 5.69 Å². The Bertz CT molecular complexity index is 961. The summed E-state index contributed by atoms with van der Waals surface area (Å²) in [7, 11) is 5.66. The number of fused-ring (bicyclic) bond motifs is 1. The first kappa shape index (κ1) is 17.7. The summed E-state index contributed by atoms with van der Waals surface area (Å²) >= 11 is 0. The predicted octanol–water partition coefficient (Wildman–Crippen LogP) is 3.86. The van der Waals surface area contributed by atoms with E-state index in [1.807, 2.05) is 26.2 Å². The number of anilines is 1. The lowest BCUT2D eigenvalue weighted by atomic mass is 9.98. The summed E-state index contributed by atoms with van der Waals surface area (Å²) in [5.41, 5.74) is 3.37. The Labute approximate surface area is 153 Å². The lowest BCUT2D eigenvalue weighted by Gasteiger charge is -2.14. The van der Waals surface area contributed by atoms with Crippen LogP contribution in [0.5, 0.6) is 5.88 Å². The molecule has 5 heteroatoms. The first-order valence-corrected chi connectivity index (χ1v) is 8.36. The molecule has 3 rings (SSSR count). The maximum Gasteiger partial charge on any atom is 0.232 e. The lowest BCUT2D eigenvalue weighted by Crippen LogP contribution is -2.08. The topological polar surface area (TPSA) is 58.4 Å². The van der Waals surface area contributed by atoms with Gasteiger partial charge in [-0.05, 0) is 40.6 Å². The number of hydrogen-bond donors (Lipinski definition) is 0. The Kier molecular flexibility index (Phi) is 5.35. The normalized spacial score (nSPS) is 10.5. The highest BCUT2D eigenvalue weighted by Gasteiger charge is 2.13. The maximum absolute atomic E-state index is 9.62. The molecule has 0 N–H and O–H groups in total. The molecule has 0 bridgehead atoms. The summed E-state index contributed by atoms with van der Waals surface area (Å²) in [5.74, 6) is 0.338. The molecule has 2 aromatic carbocycles. The molecule has 1 aromatic heterocycles. The van der Waals surface area contributed by atoms with E-state index in [0.717, 1.165) is 27.6 Å². The Hall–Kier alpha value is -3.10. The van der Waals surface area contributed by atoms with Gasteiger partial charge in [-0.3, -0.25) is 0 Å². The molecule has 5 nitrogen and oxygen atoms in total. The standard InChI is InChI=1S/C21H21N3O2/c1-24(2)18-7-6-15-12-17(5-4-16(15)13-18)19-8-9-23-21(20(19)14-22)26-11-10-25-3/h4-9,12-13H,10-11H2,1-3H3. The Morgan fingerprint density at radius 3 is 2.54 bits per heavy atom. The maximum atomic E-state index is 9.62. The zero-order valence-corrected chi connectivity index (χ0v) is 15.2. The van der Waals surface area contributed by atoms with E-state index in [0.29, 0.717) is 24.7 Å². The highest BCUT2D eigenvalue weighted by atomic mass is 16.5. The van der Waals surface area contributed by atoms with Crippen molar-refractivity contribution in [1.82, 2.24) is 4.98 Å². The number of hydrogen-bond acceptors (Lipinski definition) is 5. The molecule has 0 aliphatic rings. The van der Waals surface area contributed by atoms with Crippen molar-refractivity contribution in [2.45, 2.75) is 0 Å². The second-order valence-electron chi connectivity index (χ2n) is 6.13. The highest BCUT2D eigenvalue weighted by molar-refractivity contribution is 5.90. The summed E-state index contributed by atoms with van der Waals surface area (Å²) in [6.07, 6.45) is 1.66. The minimum Gasteiger partial charge on any atom is -0.474 e. The van der Waals surface area contributed by atoms with Gasteiger partial charge in [-0.25, -0.2) is 4.98 Å². The SMILES string of the molecule is COCCOc1nccc(-c2ccc3cc(N(C)C)ccc3c2)c1C#N. The summed E-state index contributed by atoms with van der Waals surface area (Å²) in [5, 5.41) is 11.9. The monoisotopic (exact) mass is 347 g/mol. The molecule has 26 heavy (non-hydrogen) atoms. The number of pyridine rings is 1. The molecule has 0 amide bonds. The molecular formula is C21H21N3O2. The van der Waals surface area contributed by atoms with Crippen LogP contribution in [0.3, 0.4) is 0 Å². The number of ether oxygens (including phenoxy) is 2. The van der Waals surface area contributed by atoms with Crippen molar-refractivity contribution < 1.29 is 9.47 Å². The quantitative estimate of drug-likeness (QED) is 0.634. The van der Waals surface area contributed by atoms with Gasteiger partial charge in [0.1, 0.15) is 18.2 Å². The van der Waals surface area contributed by atoms with Crippen LogP contribution in [0, 0.1) is 11.3 Å². The second-order valence-corrected chi connectivity index (χ2v) is 6.13. The van der Waals surface area contributed by atoms with E-state index in [1.165, 1.54) is 0 Å². The van der Waals surface area contributed by atoms with Crippen LogP contribution >= 0.6 is 0 Å². The summed E-state index contributed by atoms with van der Waals surface area (Å²) < 4.78 is 10.6. The average molecular weight is 347 g/mol. The Morgan fingerprint density at radius 2 is 1.81 bits per heavy atom. The molecule has 0 aliphatic carbocycles. The van der Waals surface area contributed by atoms with Crippen LogP contribution in [0.2, 0.25) is 0 Å². The zero-order valence-electron chi connectivity index (χ0n) is 15.2. The predicted molar refractivity (Wildman–Crippen MR) is 104 cm³/mol. The van der Waals surface area contributed by atoms with E-state index >= 15 is 0 Å². The van der Waals surface area contributed by atoms with Crippen LogP contribution in [0.1, 0.15) is 5.56 Å². The van der Waals surface area contributed by atoms with Crippen LogP contribution in [0.25, 0.3) is 21.9 Å². The molecule has 0 fully saturated rings. The molecule has 0 saturated carbocycles. The second kappa shape index (κ2) is 7.85. The van der Waals surface area contributed by atoms with Gasteiger partial charge in [0.15, 0.2) is 0 Å². The average Bonchev–Trinajstić information content (AvgIpc) is 2.67. The highest BCUT2D eigenvalue weighted by Crippen LogP contribution is 2.31. The number of methoxy groups -OCH3 is 1. The van der Waals surface area contributed by atoms with Crippen LogP contribution in [0.15, 0.2) is 48.7 Å². The van der Waals surface area contributed by atoms with Gasteiger partial charge in [-0.1, -0.05) is 18.2 Å². The van der Waals surface area contributed by atoms with Gasteiger partial charge in [-0.15, -0.1) is 0 Å². The molecule has 0 aliphatic heterocycles. The molecule has 132 valence electrons. The van der Waals surface area contributed by atoms with Gasteiger partial charge in [0.05, 0.1) is 6.61 Å². The minimum atomic E-state index is 0.338. The first-order valence-electron chi connectivity index (χ1n) is 8.36. The number of nitrogens with zero attached hydrogens (tertiary/aromatic N) is 3. The van der Waals surface area contributed by atoms with E-state index < -0.39 is 0 Å². The lowest BCUT2D eigenvalue weighted by molar-refractivity contribution is 0.143. The third-order valence-corrected chi connectivity index (χ3v) is 4.21. The molecule has 3 aromatic rings. The summed E-state index contributed by atoms with van der Waals surface area (Å²) in [6, 6.07) is 16.6. The van der Waals surface area contributed by atoms with Crippen molar-refractivity contribution in [2.24, 2.45) is 0 Å². The fourth-order valence-corrected chi connectivity index (χ4v) is 2.80. The van der Waals surface area contributed by atoms with Gasteiger partial charge < -0.3 is 14.4 Å². The number of rotatable bonds is 6.